The number of aromatic carboxylic acids is 2. The molecule has 136 valence electrons. The number of carboxylic acids is 2. The molecule has 2 aliphatic carbocycles. The van der Waals surface area contributed by atoms with E-state index in [1.807, 2.05) is 18.2 Å². The number of carbonyl (C=O) groups is 2. The molecule has 0 radical (unpaired) electrons. The van der Waals surface area contributed by atoms with Crippen LogP contribution < -0.4 is 0 Å². The van der Waals surface area contributed by atoms with Gasteiger partial charge in [0.2, 0.25) is 0 Å². The standard InChI is InChI=1S/C16H13ClO4.C6H4/c17-14-4-2-1-3-11(14)7-5-10-6-8-12(15(18)19)9-13(10)16(20)21;1-2-5-4-6(5)3-1/h1-4,6,8-9H,5,7H2,(H,18,19)(H,20,21);1-4H. The fourth-order valence-electron chi connectivity index (χ4n) is 2.77. The molecule has 27 heavy (non-hydrogen) atoms. The van der Waals surface area contributed by atoms with Crippen LogP contribution in [0.4, 0.5) is 0 Å². The maximum absolute atomic E-state index is 11.3. The van der Waals surface area contributed by atoms with Crippen LogP contribution in [0.2, 0.25) is 5.02 Å². The van der Waals surface area contributed by atoms with Crippen molar-refractivity contribution in [2.24, 2.45) is 0 Å². The molecular weight excluding hydrogens is 364 g/mol. The van der Waals surface area contributed by atoms with E-state index in [9.17, 15) is 14.7 Å². The van der Waals surface area contributed by atoms with Crippen molar-refractivity contribution in [1.29, 1.82) is 0 Å². The third-order valence-corrected chi connectivity index (χ3v) is 4.69. The van der Waals surface area contributed by atoms with Gasteiger partial charge in [-0.15, -0.1) is 0 Å². The number of fused-ring (bicyclic) bond motifs is 1. The smallest absolute Gasteiger partial charge is 0.335 e. The molecule has 0 saturated carbocycles. The summed E-state index contributed by atoms with van der Waals surface area (Å²) in [5.41, 5.74) is 4.35. The van der Waals surface area contributed by atoms with E-state index in [1.54, 1.807) is 12.1 Å². The van der Waals surface area contributed by atoms with Gasteiger partial charge >= 0.3 is 11.9 Å². The maximum Gasteiger partial charge on any atom is 0.335 e. The van der Waals surface area contributed by atoms with Gasteiger partial charge in [-0.1, -0.05) is 54.1 Å². The average molecular weight is 381 g/mol. The molecule has 0 spiro atoms. The van der Waals surface area contributed by atoms with E-state index in [2.05, 4.69) is 24.3 Å². The highest BCUT2D eigenvalue weighted by Crippen LogP contribution is 2.32. The van der Waals surface area contributed by atoms with Crippen LogP contribution in [-0.2, 0) is 12.8 Å². The highest BCUT2D eigenvalue weighted by molar-refractivity contribution is 6.31. The summed E-state index contributed by atoms with van der Waals surface area (Å²) in [7, 11) is 0. The van der Waals surface area contributed by atoms with Gasteiger partial charge in [-0.3, -0.25) is 0 Å². The largest absolute Gasteiger partial charge is 0.478 e. The molecule has 2 N–H and O–H groups in total. The summed E-state index contributed by atoms with van der Waals surface area (Å²) < 4.78 is 0. The lowest BCUT2D eigenvalue weighted by atomic mass is 9.98. The summed E-state index contributed by atoms with van der Waals surface area (Å²) in [5, 5.41) is 18.8. The van der Waals surface area contributed by atoms with Crippen molar-refractivity contribution in [3.63, 3.8) is 0 Å². The van der Waals surface area contributed by atoms with E-state index in [-0.39, 0.29) is 11.1 Å². The van der Waals surface area contributed by atoms with Gasteiger partial charge in [0.25, 0.3) is 0 Å². The molecule has 2 aromatic rings. The highest BCUT2D eigenvalue weighted by Gasteiger charge is 2.14. The predicted molar refractivity (Wildman–Crippen MR) is 105 cm³/mol. The van der Waals surface area contributed by atoms with Crippen molar-refractivity contribution < 1.29 is 19.8 Å². The molecule has 0 fully saturated rings. The normalized spacial score (nSPS) is 10.6. The van der Waals surface area contributed by atoms with E-state index in [4.69, 9.17) is 16.7 Å². The molecule has 0 aliphatic heterocycles. The number of halogens is 1. The molecule has 0 saturated heterocycles. The fourth-order valence-corrected chi connectivity index (χ4v) is 3.00. The van der Waals surface area contributed by atoms with E-state index in [1.165, 1.54) is 23.3 Å². The molecule has 4 rings (SSSR count). The van der Waals surface area contributed by atoms with Gasteiger partial charge < -0.3 is 10.2 Å². The van der Waals surface area contributed by atoms with Gasteiger partial charge in [0.05, 0.1) is 11.1 Å². The lowest BCUT2D eigenvalue weighted by Gasteiger charge is -2.08. The SMILES string of the molecule is O=C(O)c1ccc(CCc2ccccc2Cl)c(C(=O)O)c1.c1cc2cc-2c1. The first-order valence-electron chi connectivity index (χ1n) is 8.39. The summed E-state index contributed by atoms with van der Waals surface area (Å²) in [4.78, 5) is 22.2. The molecule has 4 nitrogen and oxygen atoms in total. The van der Waals surface area contributed by atoms with Gasteiger partial charge in [0.15, 0.2) is 0 Å². The van der Waals surface area contributed by atoms with Gasteiger partial charge in [-0.05, 0) is 59.4 Å². The topological polar surface area (TPSA) is 74.6 Å². The molecule has 0 atom stereocenters. The minimum absolute atomic E-state index is 0.0157. The molecule has 2 aromatic carbocycles. The van der Waals surface area contributed by atoms with Crippen molar-refractivity contribution in [2.75, 3.05) is 0 Å². The number of benzene rings is 3. The van der Waals surface area contributed by atoms with Gasteiger partial charge in [-0.2, -0.15) is 0 Å². The lowest BCUT2D eigenvalue weighted by Crippen LogP contribution is -2.07. The number of hydrogen-bond acceptors (Lipinski definition) is 2. The molecule has 0 amide bonds. The Bertz CT molecular complexity index is 993. The van der Waals surface area contributed by atoms with Crippen molar-refractivity contribution >= 4 is 23.5 Å². The lowest BCUT2D eigenvalue weighted by molar-refractivity contribution is 0.0695. The second-order valence-electron chi connectivity index (χ2n) is 6.15. The Hall–Kier alpha value is -3.11. The zero-order valence-corrected chi connectivity index (χ0v) is 15.1. The van der Waals surface area contributed by atoms with Crippen molar-refractivity contribution in [3.8, 4) is 11.1 Å². The second kappa shape index (κ2) is 8.06. The Labute approximate surface area is 161 Å². The predicted octanol–water partition coefficient (Wildman–Crippen LogP) is 5.19. The molecule has 0 unspecified atom stereocenters. The monoisotopic (exact) mass is 380 g/mol. The summed E-state index contributed by atoms with van der Waals surface area (Å²) in [6.07, 6.45) is 1.07. The number of rotatable bonds is 5. The minimum Gasteiger partial charge on any atom is -0.478 e. The first-order valence-corrected chi connectivity index (χ1v) is 8.77. The summed E-state index contributed by atoms with van der Waals surface area (Å²) in [6, 6.07) is 20.0. The molecular formula is C22H17ClO4. The molecule has 0 bridgehead atoms. The summed E-state index contributed by atoms with van der Waals surface area (Å²) >= 11 is 6.07. The van der Waals surface area contributed by atoms with Crippen LogP contribution in [0.5, 0.6) is 0 Å². The third-order valence-electron chi connectivity index (χ3n) is 4.32. The van der Waals surface area contributed by atoms with E-state index >= 15 is 0 Å². The van der Waals surface area contributed by atoms with Crippen molar-refractivity contribution in [1.82, 2.24) is 0 Å². The van der Waals surface area contributed by atoms with Crippen molar-refractivity contribution in [3.05, 3.63) is 94.0 Å². The Morgan fingerprint density at radius 2 is 1.41 bits per heavy atom. The van der Waals surface area contributed by atoms with Crippen LogP contribution in [0.1, 0.15) is 31.8 Å². The van der Waals surface area contributed by atoms with Crippen LogP contribution in [-0.4, -0.2) is 22.2 Å². The van der Waals surface area contributed by atoms with Crippen LogP contribution in [0.15, 0.2) is 66.7 Å². The van der Waals surface area contributed by atoms with Crippen molar-refractivity contribution in [2.45, 2.75) is 12.8 Å². The second-order valence-corrected chi connectivity index (χ2v) is 6.56. The Morgan fingerprint density at radius 3 is 1.93 bits per heavy atom. The first kappa shape index (κ1) is 18.7. The fraction of sp³-hybridized carbons (Fsp3) is 0.0909. The van der Waals surface area contributed by atoms with Crippen LogP contribution >= 0.6 is 11.6 Å². The minimum atomic E-state index is -1.14. The molecule has 0 aromatic heterocycles. The average Bonchev–Trinajstić information content (AvgIpc) is 3.26. The zero-order valence-electron chi connectivity index (χ0n) is 14.4. The zero-order chi connectivity index (χ0) is 19.4. The van der Waals surface area contributed by atoms with Crippen LogP contribution in [0.3, 0.4) is 0 Å². The quantitative estimate of drug-likeness (QED) is 0.499. The number of carboxylic acid groups (broad SMARTS) is 2. The Balaban J connectivity index is 0.000000290. The number of hydrogen-bond donors (Lipinski definition) is 2. The molecule has 2 aliphatic rings. The first-order chi connectivity index (χ1) is 13.0. The van der Waals surface area contributed by atoms with E-state index in [0.717, 1.165) is 5.56 Å². The Morgan fingerprint density at radius 1 is 0.741 bits per heavy atom. The van der Waals surface area contributed by atoms with Crippen LogP contribution in [0.25, 0.3) is 11.1 Å². The highest BCUT2D eigenvalue weighted by atomic mass is 35.5. The molecule has 0 heterocycles. The van der Waals surface area contributed by atoms with E-state index in [0.29, 0.717) is 23.4 Å². The van der Waals surface area contributed by atoms with Crippen LogP contribution in [0, 0.1) is 0 Å². The summed E-state index contributed by atoms with van der Waals surface area (Å²) in [5.74, 6) is -2.28. The van der Waals surface area contributed by atoms with E-state index < -0.39 is 11.9 Å². The summed E-state index contributed by atoms with van der Waals surface area (Å²) in [6.45, 7) is 0. The maximum atomic E-state index is 11.3. The third kappa shape index (κ3) is 4.74. The molecule has 5 heteroatoms. The number of aryl methyl sites for hydroxylation is 2. The van der Waals surface area contributed by atoms with Gasteiger partial charge in [0, 0.05) is 5.02 Å². The van der Waals surface area contributed by atoms with Gasteiger partial charge in [-0.25, -0.2) is 9.59 Å². The van der Waals surface area contributed by atoms with Gasteiger partial charge in [0.1, 0.15) is 0 Å². The Kier molecular flexibility index (Phi) is 5.57.